The fourth-order valence-corrected chi connectivity index (χ4v) is 5.39. The van der Waals surface area contributed by atoms with Crippen molar-refractivity contribution in [3.8, 4) is 0 Å². The van der Waals surface area contributed by atoms with Crippen LogP contribution in [0.5, 0.6) is 0 Å². The Morgan fingerprint density at radius 2 is 2.00 bits per heavy atom. The Morgan fingerprint density at radius 1 is 1.28 bits per heavy atom. The van der Waals surface area contributed by atoms with E-state index in [9.17, 15) is 0 Å². The van der Waals surface area contributed by atoms with Crippen molar-refractivity contribution < 1.29 is 0 Å². The maximum atomic E-state index is 6.25. The van der Waals surface area contributed by atoms with E-state index in [1.54, 1.807) is 12.3 Å². The summed E-state index contributed by atoms with van der Waals surface area (Å²) in [5.74, 6) is 1.52. The van der Waals surface area contributed by atoms with Crippen molar-refractivity contribution in [3.63, 3.8) is 0 Å². The van der Waals surface area contributed by atoms with Gasteiger partial charge in [-0.1, -0.05) is 73.6 Å². The Bertz CT molecular complexity index is 753. The zero-order valence-electron chi connectivity index (χ0n) is 17.2. The second-order valence-corrected chi connectivity index (χ2v) is 10.2. The molecule has 1 heterocycles. The van der Waals surface area contributed by atoms with E-state index in [1.165, 1.54) is 63.1 Å². The van der Waals surface area contributed by atoms with E-state index in [0.717, 1.165) is 23.9 Å². The van der Waals surface area contributed by atoms with Gasteiger partial charge in [0, 0.05) is 18.0 Å². The van der Waals surface area contributed by atoms with E-state index >= 15 is 0 Å². The minimum absolute atomic E-state index is 0.487. The summed E-state index contributed by atoms with van der Waals surface area (Å²) < 4.78 is 0. The lowest BCUT2D eigenvalue weighted by atomic mass is 9.69. The molecule has 0 atom stereocenters. The second kappa shape index (κ2) is 10.3. The van der Waals surface area contributed by atoms with Crippen molar-refractivity contribution in [1.82, 2.24) is 4.90 Å². The minimum Gasteiger partial charge on any atom is -0.392 e. The summed E-state index contributed by atoms with van der Waals surface area (Å²) in [5.41, 5.74) is 12.8. The predicted molar refractivity (Wildman–Crippen MR) is 126 cm³/mol. The summed E-state index contributed by atoms with van der Waals surface area (Å²) in [7, 11) is 0. The molecule has 0 spiro atoms. The number of hydrogen-bond acceptors (Lipinski definition) is 3. The topological polar surface area (TPSA) is 67.6 Å². The number of halogens is 2. The highest BCUT2D eigenvalue weighted by Gasteiger charge is 2.34. The molecule has 0 unspecified atom stereocenters. The van der Waals surface area contributed by atoms with Crippen LogP contribution in [-0.4, -0.2) is 23.9 Å². The Morgan fingerprint density at radius 3 is 2.62 bits per heavy atom. The molecule has 4 nitrogen and oxygen atoms in total. The average Bonchev–Trinajstić information content (AvgIpc) is 2.69. The Labute approximate surface area is 189 Å². The van der Waals surface area contributed by atoms with Crippen LogP contribution in [-0.2, 0) is 0 Å². The molecule has 29 heavy (non-hydrogen) atoms. The molecule has 1 aromatic rings. The van der Waals surface area contributed by atoms with Crippen LogP contribution in [0, 0.1) is 11.3 Å². The predicted octanol–water partition coefficient (Wildman–Crippen LogP) is 6.23. The second-order valence-electron chi connectivity index (χ2n) is 8.35. The van der Waals surface area contributed by atoms with Gasteiger partial charge in [-0.05, 0) is 49.1 Å². The minimum atomic E-state index is 0.487. The highest BCUT2D eigenvalue weighted by Crippen LogP contribution is 2.43. The summed E-state index contributed by atoms with van der Waals surface area (Å²) >= 11 is 13.6. The molecule has 1 saturated heterocycles. The molecule has 1 saturated carbocycles. The number of hydrogen-bond donors (Lipinski definition) is 2. The third-order valence-corrected chi connectivity index (χ3v) is 8.51. The molecule has 1 aliphatic heterocycles. The van der Waals surface area contributed by atoms with Gasteiger partial charge >= 0.3 is 0 Å². The van der Waals surface area contributed by atoms with Gasteiger partial charge in [0.1, 0.15) is 0 Å². The normalized spacial score (nSPS) is 20.6. The van der Waals surface area contributed by atoms with Gasteiger partial charge < -0.3 is 16.4 Å². The van der Waals surface area contributed by atoms with Crippen molar-refractivity contribution in [1.29, 1.82) is 0 Å². The Kier molecular flexibility index (Phi) is 8.06. The zero-order chi connectivity index (χ0) is 20.9. The number of thioether (sulfide) groups is 1. The highest BCUT2D eigenvalue weighted by molar-refractivity contribution is 8.03. The fourth-order valence-electron chi connectivity index (χ4n) is 4.21. The summed E-state index contributed by atoms with van der Waals surface area (Å²) in [4.78, 5) is 7.39. The maximum Gasteiger partial charge on any atom is 0.195 e. The van der Waals surface area contributed by atoms with Gasteiger partial charge in [-0.15, -0.1) is 0 Å². The lowest BCUT2D eigenvalue weighted by molar-refractivity contribution is 0.110. The van der Waals surface area contributed by atoms with E-state index in [-0.39, 0.29) is 0 Å². The molecule has 1 aromatic carbocycles. The van der Waals surface area contributed by atoms with Crippen molar-refractivity contribution in [2.75, 3.05) is 13.1 Å². The first-order chi connectivity index (χ1) is 13.9. The number of guanidine groups is 1. The fraction of sp³-hybridized carbons (Fsp3) is 0.591. The maximum absolute atomic E-state index is 6.25. The first kappa shape index (κ1) is 22.6. The summed E-state index contributed by atoms with van der Waals surface area (Å²) in [6, 6.07) is 5.48. The first-order valence-corrected chi connectivity index (χ1v) is 12.2. The molecule has 0 amide bonds. The van der Waals surface area contributed by atoms with Crippen LogP contribution in [0.15, 0.2) is 39.3 Å². The Balaban J connectivity index is 1.53. The first-order valence-electron chi connectivity index (χ1n) is 10.6. The number of aliphatic imine (C=N–C) groups is 1. The van der Waals surface area contributed by atoms with Crippen LogP contribution in [0.1, 0.15) is 58.3 Å². The van der Waals surface area contributed by atoms with E-state index in [0.29, 0.717) is 26.4 Å². The van der Waals surface area contributed by atoms with Crippen LogP contribution in [0.4, 0.5) is 0 Å². The van der Waals surface area contributed by atoms with E-state index < -0.39 is 0 Å². The molecule has 2 fully saturated rings. The third-order valence-electron chi connectivity index (χ3n) is 6.67. The molecule has 3 rings (SSSR count). The van der Waals surface area contributed by atoms with Crippen molar-refractivity contribution in [2.45, 2.75) is 63.2 Å². The van der Waals surface area contributed by atoms with Gasteiger partial charge in [0.15, 0.2) is 5.96 Å². The largest absolute Gasteiger partial charge is 0.392 e. The molecule has 0 radical (unpaired) electrons. The van der Waals surface area contributed by atoms with Gasteiger partial charge in [-0.2, -0.15) is 0 Å². The smallest absolute Gasteiger partial charge is 0.195 e. The molecule has 1 aliphatic carbocycles. The van der Waals surface area contributed by atoms with Gasteiger partial charge in [-0.3, -0.25) is 0 Å². The third kappa shape index (κ3) is 5.99. The molecule has 0 aromatic heterocycles. The molecule has 7 heteroatoms. The number of piperidine rings is 1. The van der Waals surface area contributed by atoms with Crippen LogP contribution < -0.4 is 11.5 Å². The van der Waals surface area contributed by atoms with E-state index in [4.69, 9.17) is 34.7 Å². The van der Waals surface area contributed by atoms with Crippen molar-refractivity contribution in [3.05, 3.63) is 39.5 Å². The standard InChI is InChI=1S/C22H32Cl2N4S/c1-2-22(10-9-16-5-3-6-16)11-13-28(14-12-22)21(26)27-15-19(25)29-18-8-4-7-17(23)20(18)24/h4,7-8,15-16H,2-3,5-6,9-14,25H2,1H3,(H2,26,27)/b19-15+. The van der Waals surface area contributed by atoms with Gasteiger partial charge in [-0.25, -0.2) is 4.99 Å². The zero-order valence-corrected chi connectivity index (χ0v) is 19.5. The lowest BCUT2D eigenvalue weighted by Crippen LogP contribution is -2.46. The molecule has 2 aliphatic rings. The number of nitrogens with two attached hydrogens (primary N) is 2. The molecule has 0 bridgehead atoms. The quantitative estimate of drug-likeness (QED) is 0.291. The summed E-state index contributed by atoms with van der Waals surface area (Å²) in [5, 5.41) is 1.54. The summed E-state index contributed by atoms with van der Waals surface area (Å²) in [6.07, 6.45) is 12.3. The van der Waals surface area contributed by atoms with E-state index in [2.05, 4.69) is 16.8 Å². The van der Waals surface area contributed by atoms with Gasteiger partial charge in [0.25, 0.3) is 0 Å². The number of likely N-dealkylation sites (tertiary alicyclic amines) is 1. The Hall–Kier alpha value is -1.04. The van der Waals surface area contributed by atoms with Gasteiger partial charge in [0.05, 0.1) is 21.3 Å². The monoisotopic (exact) mass is 454 g/mol. The lowest BCUT2D eigenvalue weighted by Gasteiger charge is -2.43. The number of rotatable bonds is 7. The van der Waals surface area contributed by atoms with E-state index in [1.807, 2.05) is 12.1 Å². The highest BCUT2D eigenvalue weighted by atomic mass is 35.5. The molecular weight excluding hydrogens is 423 g/mol. The van der Waals surface area contributed by atoms with Crippen LogP contribution in [0.3, 0.4) is 0 Å². The van der Waals surface area contributed by atoms with Gasteiger partial charge in [0.2, 0.25) is 0 Å². The number of nitrogens with zero attached hydrogens (tertiary/aromatic N) is 2. The molecule has 4 N–H and O–H groups in total. The van der Waals surface area contributed by atoms with Crippen LogP contribution in [0.2, 0.25) is 10.0 Å². The SMILES string of the molecule is CCC1(CCC2CCC2)CCN(C(N)=N/C=C(\N)Sc2cccc(Cl)c2Cl)CC1. The van der Waals surface area contributed by atoms with Crippen LogP contribution >= 0.6 is 35.0 Å². The number of benzene rings is 1. The average molecular weight is 455 g/mol. The molecule has 160 valence electrons. The van der Waals surface area contributed by atoms with Crippen molar-refractivity contribution >= 4 is 40.9 Å². The van der Waals surface area contributed by atoms with Crippen molar-refractivity contribution in [2.24, 2.45) is 27.8 Å². The van der Waals surface area contributed by atoms with Crippen LogP contribution in [0.25, 0.3) is 0 Å². The molecular formula is C22H32Cl2N4S. The summed E-state index contributed by atoms with van der Waals surface area (Å²) in [6.45, 7) is 4.28.